The second-order valence-corrected chi connectivity index (χ2v) is 7.09. The third-order valence-corrected chi connectivity index (χ3v) is 5.39. The lowest BCUT2D eigenvalue weighted by molar-refractivity contribution is 0.102. The van der Waals surface area contributed by atoms with Gasteiger partial charge in [0.1, 0.15) is 11.0 Å². The summed E-state index contributed by atoms with van der Waals surface area (Å²) in [5.41, 5.74) is 4.50. The Bertz CT molecular complexity index is 1220. The van der Waals surface area contributed by atoms with Crippen molar-refractivity contribution in [3.63, 3.8) is 0 Å². The second kappa shape index (κ2) is 6.01. The average Bonchev–Trinajstić information content (AvgIpc) is 3.37. The molecule has 6 nitrogen and oxygen atoms in total. The summed E-state index contributed by atoms with van der Waals surface area (Å²) in [5, 5.41) is 4.98. The zero-order valence-electron chi connectivity index (χ0n) is 13.3. The van der Waals surface area contributed by atoms with Crippen LogP contribution in [0.3, 0.4) is 0 Å². The van der Waals surface area contributed by atoms with Crippen molar-refractivity contribution in [1.29, 1.82) is 0 Å². The van der Waals surface area contributed by atoms with Crippen LogP contribution in [0.2, 0.25) is 0 Å². The van der Waals surface area contributed by atoms with Crippen LogP contribution in [0, 0.1) is 0 Å². The molecule has 126 valence electrons. The van der Waals surface area contributed by atoms with Crippen molar-refractivity contribution in [3.8, 4) is 11.3 Å². The van der Waals surface area contributed by atoms with E-state index in [1.165, 1.54) is 0 Å². The standard InChI is InChI=1S/C18H11N5OS2/c24-17(11-5-6-14-15(9-11)22-26-21-14)19-13-4-2-1-3-12(13)16-10-23-7-8-25-18(23)20-16/h1-10H,(H,19,24). The van der Waals surface area contributed by atoms with Gasteiger partial charge in [-0.05, 0) is 24.3 Å². The Morgan fingerprint density at radius 1 is 1.08 bits per heavy atom. The molecule has 3 aromatic heterocycles. The molecule has 0 radical (unpaired) electrons. The zero-order chi connectivity index (χ0) is 17.5. The van der Waals surface area contributed by atoms with Crippen molar-refractivity contribution in [2.45, 2.75) is 0 Å². The van der Waals surface area contributed by atoms with Crippen LogP contribution in [0.5, 0.6) is 0 Å². The highest BCUT2D eigenvalue weighted by Gasteiger charge is 2.14. The summed E-state index contributed by atoms with van der Waals surface area (Å²) < 4.78 is 10.3. The molecule has 0 unspecified atom stereocenters. The first-order valence-electron chi connectivity index (χ1n) is 7.83. The van der Waals surface area contributed by atoms with Crippen molar-refractivity contribution in [1.82, 2.24) is 18.1 Å². The Balaban J connectivity index is 1.50. The minimum absolute atomic E-state index is 0.187. The number of aromatic nitrogens is 4. The maximum absolute atomic E-state index is 12.7. The predicted octanol–water partition coefficient (Wildman–Crippen LogP) is 4.32. The van der Waals surface area contributed by atoms with Gasteiger partial charge in [-0.25, -0.2) is 4.98 Å². The first-order chi connectivity index (χ1) is 12.8. The number of hydrogen-bond donors (Lipinski definition) is 1. The number of carbonyl (C=O) groups excluding carboxylic acids is 1. The topological polar surface area (TPSA) is 72.2 Å². The largest absolute Gasteiger partial charge is 0.321 e. The number of para-hydroxylation sites is 1. The maximum Gasteiger partial charge on any atom is 0.255 e. The van der Waals surface area contributed by atoms with E-state index in [2.05, 4.69) is 19.0 Å². The van der Waals surface area contributed by atoms with Crippen molar-refractivity contribution in [2.24, 2.45) is 0 Å². The van der Waals surface area contributed by atoms with Crippen molar-refractivity contribution >= 4 is 50.7 Å². The Kier molecular flexibility index (Phi) is 3.51. The molecule has 0 aliphatic rings. The molecule has 0 aliphatic heterocycles. The molecule has 5 aromatic rings. The first-order valence-corrected chi connectivity index (χ1v) is 9.44. The lowest BCUT2D eigenvalue weighted by atomic mass is 10.1. The summed E-state index contributed by atoms with van der Waals surface area (Å²) in [6.07, 6.45) is 3.93. The summed E-state index contributed by atoms with van der Waals surface area (Å²) in [6.45, 7) is 0. The number of rotatable bonds is 3. The maximum atomic E-state index is 12.7. The van der Waals surface area contributed by atoms with Crippen LogP contribution in [0.4, 0.5) is 5.69 Å². The van der Waals surface area contributed by atoms with Gasteiger partial charge in [-0.15, -0.1) is 11.3 Å². The normalized spacial score (nSPS) is 11.2. The van der Waals surface area contributed by atoms with Crippen molar-refractivity contribution in [3.05, 3.63) is 65.8 Å². The Morgan fingerprint density at radius 3 is 2.88 bits per heavy atom. The van der Waals surface area contributed by atoms with Gasteiger partial charge in [0, 0.05) is 28.9 Å². The number of amides is 1. The number of anilines is 1. The van der Waals surface area contributed by atoms with Crippen molar-refractivity contribution < 1.29 is 4.79 Å². The number of benzene rings is 2. The van der Waals surface area contributed by atoms with Gasteiger partial charge in [0.05, 0.1) is 23.1 Å². The summed E-state index contributed by atoms with van der Waals surface area (Å²) in [7, 11) is 0. The smallest absolute Gasteiger partial charge is 0.255 e. The molecule has 0 saturated carbocycles. The predicted molar refractivity (Wildman–Crippen MR) is 104 cm³/mol. The highest BCUT2D eigenvalue weighted by molar-refractivity contribution is 7.15. The van der Waals surface area contributed by atoms with Crippen LogP contribution in [0.15, 0.2) is 60.2 Å². The van der Waals surface area contributed by atoms with Gasteiger partial charge in [0.15, 0.2) is 4.96 Å². The minimum atomic E-state index is -0.187. The minimum Gasteiger partial charge on any atom is -0.321 e. The Labute approximate surface area is 156 Å². The number of nitrogens with one attached hydrogen (secondary N) is 1. The molecular weight excluding hydrogens is 366 g/mol. The third-order valence-electron chi connectivity index (χ3n) is 4.06. The van der Waals surface area contributed by atoms with E-state index in [4.69, 9.17) is 0 Å². The molecular formula is C18H11N5OS2. The van der Waals surface area contributed by atoms with Gasteiger partial charge >= 0.3 is 0 Å². The SMILES string of the molecule is O=C(Nc1ccccc1-c1cn2ccsc2n1)c1ccc2nsnc2c1. The monoisotopic (exact) mass is 377 g/mol. The molecule has 1 amide bonds. The van der Waals surface area contributed by atoms with E-state index in [0.29, 0.717) is 5.56 Å². The van der Waals surface area contributed by atoms with E-state index in [9.17, 15) is 4.79 Å². The molecule has 3 heterocycles. The van der Waals surface area contributed by atoms with E-state index < -0.39 is 0 Å². The molecule has 5 rings (SSSR count). The molecule has 0 saturated heterocycles. The molecule has 0 atom stereocenters. The van der Waals surface area contributed by atoms with E-state index in [1.807, 2.05) is 52.5 Å². The Morgan fingerprint density at radius 2 is 1.96 bits per heavy atom. The number of fused-ring (bicyclic) bond motifs is 2. The summed E-state index contributed by atoms with van der Waals surface area (Å²) in [6, 6.07) is 13.0. The van der Waals surface area contributed by atoms with E-state index in [1.54, 1.807) is 23.5 Å². The van der Waals surface area contributed by atoms with E-state index in [0.717, 1.165) is 44.7 Å². The number of carbonyl (C=O) groups is 1. The fourth-order valence-corrected chi connectivity index (χ4v) is 4.01. The molecule has 8 heteroatoms. The summed E-state index contributed by atoms with van der Waals surface area (Å²) in [5.74, 6) is -0.187. The Hall–Kier alpha value is -3.10. The molecule has 1 N–H and O–H groups in total. The second-order valence-electron chi connectivity index (χ2n) is 5.69. The molecule has 0 spiro atoms. The summed E-state index contributed by atoms with van der Waals surface area (Å²) in [4.78, 5) is 18.3. The lowest BCUT2D eigenvalue weighted by Crippen LogP contribution is -2.12. The van der Waals surface area contributed by atoms with Crippen molar-refractivity contribution in [2.75, 3.05) is 5.32 Å². The molecule has 0 bridgehead atoms. The van der Waals surface area contributed by atoms with Crippen LogP contribution in [-0.2, 0) is 0 Å². The number of thiazole rings is 1. The zero-order valence-corrected chi connectivity index (χ0v) is 14.9. The summed E-state index contributed by atoms with van der Waals surface area (Å²) >= 11 is 2.71. The van der Waals surface area contributed by atoms with Crippen LogP contribution in [-0.4, -0.2) is 24.0 Å². The van der Waals surface area contributed by atoms with E-state index in [-0.39, 0.29) is 5.91 Å². The number of hydrogen-bond acceptors (Lipinski definition) is 6. The molecule has 0 aliphatic carbocycles. The van der Waals surface area contributed by atoms with Crippen LogP contribution < -0.4 is 5.32 Å². The van der Waals surface area contributed by atoms with Gasteiger partial charge < -0.3 is 5.32 Å². The fraction of sp³-hybridized carbons (Fsp3) is 0. The number of nitrogens with zero attached hydrogens (tertiary/aromatic N) is 4. The average molecular weight is 377 g/mol. The van der Waals surface area contributed by atoms with Gasteiger partial charge in [0.2, 0.25) is 0 Å². The molecule has 2 aromatic carbocycles. The number of imidazole rings is 1. The van der Waals surface area contributed by atoms with Gasteiger partial charge in [-0.3, -0.25) is 9.20 Å². The quantitative estimate of drug-likeness (QED) is 0.508. The van der Waals surface area contributed by atoms with E-state index >= 15 is 0 Å². The van der Waals surface area contributed by atoms with Gasteiger partial charge in [-0.2, -0.15) is 8.75 Å². The molecule has 0 fully saturated rings. The highest BCUT2D eigenvalue weighted by atomic mass is 32.1. The lowest BCUT2D eigenvalue weighted by Gasteiger charge is -2.09. The highest BCUT2D eigenvalue weighted by Crippen LogP contribution is 2.29. The molecule has 26 heavy (non-hydrogen) atoms. The third kappa shape index (κ3) is 2.56. The van der Waals surface area contributed by atoms with Gasteiger partial charge in [0.25, 0.3) is 5.91 Å². The van der Waals surface area contributed by atoms with Crippen LogP contribution in [0.1, 0.15) is 10.4 Å². The fourth-order valence-electron chi connectivity index (χ4n) is 2.79. The first kappa shape index (κ1) is 15.2. The van der Waals surface area contributed by atoms with Crippen LogP contribution >= 0.6 is 23.1 Å². The van der Waals surface area contributed by atoms with Crippen LogP contribution in [0.25, 0.3) is 27.3 Å². The van der Waals surface area contributed by atoms with Gasteiger partial charge in [-0.1, -0.05) is 18.2 Å².